The number of carbonyl (C=O) groups is 3. The molecule has 2 bridgehead atoms. The minimum Gasteiger partial charge on any atom is -0.324 e. The largest absolute Gasteiger partial charge is 0.324 e. The number of amides is 3. The molecule has 162 valence electrons. The Morgan fingerprint density at radius 3 is 2.31 bits per heavy atom. The van der Waals surface area contributed by atoms with Crippen molar-refractivity contribution in [1.82, 2.24) is 4.90 Å². The molecule has 0 aromatic heterocycles. The summed E-state index contributed by atoms with van der Waals surface area (Å²) in [6.45, 7) is 0. The number of nitrogens with one attached hydrogen (secondary N) is 1. The molecule has 3 aliphatic rings. The Bertz CT molecular complexity index is 1120. The van der Waals surface area contributed by atoms with E-state index in [4.69, 9.17) is 0 Å². The van der Waals surface area contributed by atoms with Crippen molar-refractivity contribution in [2.24, 2.45) is 23.7 Å². The lowest BCUT2D eigenvalue weighted by atomic mass is 9.85. The van der Waals surface area contributed by atoms with E-state index in [0.717, 1.165) is 16.9 Å². The lowest BCUT2D eigenvalue weighted by Crippen LogP contribution is -2.49. The Hall–Kier alpha value is -3.81. The molecule has 0 spiro atoms. The Kier molecular flexibility index (Phi) is 4.84. The van der Waals surface area contributed by atoms with Gasteiger partial charge in [-0.1, -0.05) is 48.6 Å². The van der Waals surface area contributed by atoms with Gasteiger partial charge in [-0.25, -0.2) is 0 Å². The van der Waals surface area contributed by atoms with Crippen molar-refractivity contribution >= 4 is 29.1 Å². The van der Waals surface area contributed by atoms with Crippen molar-refractivity contribution in [3.8, 4) is 0 Å². The second-order valence-corrected chi connectivity index (χ2v) is 8.55. The maximum Gasteiger partial charge on any atom is 0.271 e. The normalized spacial score (nSPS) is 26.3. The van der Waals surface area contributed by atoms with Crippen LogP contribution >= 0.6 is 0 Å². The SMILES string of the molecule is O=C(Nc1cccc([N+](=O)[O-])c1)[C@@H](Cc1ccccc1)N1C(=O)[C@@H]2[C@H](C1=O)[C@H]1C=C[C@@H]2C1. The number of nitro groups is 1. The molecule has 5 rings (SSSR count). The molecule has 2 aliphatic carbocycles. The fraction of sp³-hybridized carbons (Fsp3) is 0.292. The van der Waals surface area contributed by atoms with Crippen molar-refractivity contribution in [3.05, 3.63) is 82.4 Å². The van der Waals surface area contributed by atoms with Crippen molar-refractivity contribution in [1.29, 1.82) is 0 Å². The summed E-state index contributed by atoms with van der Waals surface area (Å²) in [5.74, 6) is -1.86. The van der Waals surface area contributed by atoms with Crippen molar-refractivity contribution in [2.45, 2.75) is 18.9 Å². The van der Waals surface area contributed by atoms with Crippen LogP contribution in [-0.2, 0) is 20.8 Å². The molecule has 1 saturated heterocycles. The number of non-ortho nitro benzene ring substituents is 1. The van der Waals surface area contributed by atoms with Crippen LogP contribution in [0.25, 0.3) is 0 Å². The zero-order valence-corrected chi connectivity index (χ0v) is 17.1. The molecule has 32 heavy (non-hydrogen) atoms. The summed E-state index contributed by atoms with van der Waals surface area (Å²) < 4.78 is 0. The summed E-state index contributed by atoms with van der Waals surface area (Å²) in [7, 11) is 0. The molecule has 8 heteroatoms. The Balaban J connectivity index is 1.45. The van der Waals surface area contributed by atoms with Crippen molar-refractivity contribution in [2.75, 3.05) is 5.32 Å². The maximum atomic E-state index is 13.3. The summed E-state index contributed by atoms with van der Waals surface area (Å²) in [5, 5.41) is 13.8. The third-order valence-corrected chi connectivity index (χ3v) is 6.72. The van der Waals surface area contributed by atoms with E-state index in [1.165, 1.54) is 24.3 Å². The number of nitro benzene ring substituents is 1. The van der Waals surface area contributed by atoms with Gasteiger partial charge in [0.1, 0.15) is 6.04 Å². The smallest absolute Gasteiger partial charge is 0.271 e. The maximum absolute atomic E-state index is 13.3. The molecule has 2 fully saturated rings. The summed E-state index contributed by atoms with van der Waals surface area (Å²) in [5.41, 5.74) is 0.890. The summed E-state index contributed by atoms with van der Waals surface area (Å²) in [6.07, 6.45) is 5.00. The van der Waals surface area contributed by atoms with Gasteiger partial charge in [0, 0.05) is 24.2 Å². The van der Waals surface area contributed by atoms with Gasteiger partial charge in [0.2, 0.25) is 17.7 Å². The number of carbonyl (C=O) groups excluding carboxylic acids is 3. The molecule has 2 aromatic carbocycles. The molecule has 5 atom stereocenters. The first-order chi connectivity index (χ1) is 15.4. The molecule has 2 aromatic rings. The highest BCUT2D eigenvalue weighted by Gasteiger charge is 2.61. The first-order valence-electron chi connectivity index (χ1n) is 10.6. The summed E-state index contributed by atoms with van der Waals surface area (Å²) in [4.78, 5) is 51.6. The molecule has 1 N–H and O–H groups in total. The van der Waals surface area contributed by atoms with Crippen LogP contribution in [0.15, 0.2) is 66.7 Å². The van der Waals surface area contributed by atoms with Crippen molar-refractivity contribution in [3.63, 3.8) is 0 Å². The average molecular weight is 431 g/mol. The first kappa shape index (κ1) is 20.1. The summed E-state index contributed by atoms with van der Waals surface area (Å²) >= 11 is 0. The third kappa shape index (κ3) is 3.28. The second-order valence-electron chi connectivity index (χ2n) is 8.55. The van der Waals surface area contributed by atoms with Crippen LogP contribution < -0.4 is 5.32 Å². The minimum absolute atomic E-state index is 0.0451. The molecule has 1 heterocycles. The van der Waals surface area contributed by atoms with E-state index >= 15 is 0 Å². The second kappa shape index (κ2) is 7.71. The van der Waals surface area contributed by atoms with Gasteiger partial charge >= 0.3 is 0 Å². The Morgan fingerprint density at radius 2 is 1.69 bits per heavy atom. The molecule has 1 saturated carbocycles. The van der Waals surface area contributed by atoms with Gasteiger partial charge in [0.25, 0.3) is 5.69 Å². The van der Waals surface area contributed by atoms with E-state index in [9.17, 15) is 24.5 Å². The lowest BCUT2D eigenvalue weighted by molar-refractivity contribution is -0.384. The Morgan fingerprint density at radius 1 is 1.03 bits per heavy atom. The number of anilines is 1. The highest BCUT2D eigenvalue weighted by Crippen LogP contribution is 2.53. The predicted molar refractivity (Wildman–Crippen MR) is 115 cm³/mol. The van der Waals surface area contributed by atoms with Crippen molar-refractivity contribution < 1.29 is 19.3 Å². The van der Waals surface area contributed by atoms with E-state index in [0.29, 0.717) is 0 Å². The Labute approximate surface area is 184 Å². The van der Waals surface area contributed by atoms with Crippen LogP contribution in [-0.4, -0.2) is 33.6 Å². The van der Waals surface area contributed by atoms with Crippen LogP contribution in [0.3, 0.4) is 0 Å². The first-order valence-corrected chi connectivity index (χ1v) is 10.6. The fourth-order valence-corrected chi connectivity index (χ4v) is 5.29. The van der Waals surface area contributed by atoms with Gasteiger partial charge in [-0.2, -0.15) is 0 Å². The number of likely N-dealkylation sites (tertiary alicyclic amines) is 1. The number of imide groups is 1. The van der Waals surface area contributed by atoms with Gasteiger partial charge in [-0.15, -0.1) is 0 Å². The van der Waals surface area contributed by atoms with Crippen LogP contribution in [0.2, 0.25) is 0 Å². The number of rotatable bonds is 6. The van der Waals surface area contributed by atoms with E-state index < -0.39 is 28.7 Å². The lowest BCUT2D eigenvalue weighted by Gasteiger charge is -2.27. The van der Waals surface area contributed by atoms with E-state index in [-0.39, 0.29) is 41.4 Å². The molecule has 0 unspecified atom stereocenters. The van der Waals surface area contributed by atoms with E-state index in [1.807, 2.05) is 42.5 Å². The van der Waals surface area contributed by atoms with Crippen LogP contribution in [0.1, 0.15) is 12.0 Å². The molecule has 8 nitrogen and oxygen atoms in total. The molecule has 3 amide bonds. The zero-order valence-electron chi connectivity index (χ0n) is 17.1. The average Bonchev–Trinajstić information content (AvgIpc) is 3.47. The number of hydrogen-bond donors (Lipinski definition) is 1. The van der Waals surface area contributed by atoms with E-state index in [1.54, 1.807) is 0 Å². The number of nitrogens with zero attached hydrogens (tertiary/aromatic N) is 2. The van der Waals surface area contributed by atoms with Gasteiger partial charge in [0.05, 0.1) is 16.8 Å². The quantitative estimate of drug-likeness (QED) is 0.327. The molecule has 1 aliphatic heterocycles. The van der Waals surface area contributed by atoms with Gasteiger partial charge in [0.15, 0.2) is 0 Å². The van der Waals surface area contributed by atoms with Crippen LogP contribution in [0.5, 0.6) is 0 Å². The highest BCUT2D eigenvalue weighted by molar-refractivity contribution is 6.11. The van der Waals surface area contributed by atoms with Gasteiger partial charge in [-0.05, 0) is 29.9 Å². The molecule has 0 radical (unpaired) electrons. The van der Waals surface area contributed by atoms with Gasteiger partial charge in [-0.3, -0.25) is 29.4 Å². The van der Waals surface area contributed by atoms with Crippen LogP contribution in [0, 0.1) is 33.8 Å². The minimum atomic E-state index is -1.04. The highest BCUT2D eigenvalue weighted by atomic mass is 16.6. The standard InChI is InChI=1S/C24H21N3O5/c28-22(25-17-7-4-8-18(13-17)27(31)32)19(11-14-5-2-1-3-6-14)26-23(29)20-15-9-10-16(12-15)21(20)24(26)30/h1-10,13,15-16,19-21H,11-12H2,(H,25,28)/t15-,16+,19-,20+,21-/m1/s1. The van der Waals surface area contributed by atoms with E-state index in [2.05, 4.69) is 5.32 Å². The third-order valence-electron chi connectivity index (χ3n) is 6.72. The summed E-state index contributed by atoms with van der Waals surface area (Å²) in [6, 6.07) is 13.7. The number of hydrogen-bond acceptors (Lipinski definition) is 5. The molecular weight excluding hydrogens is 410 g/mol. The number of benzene rings is 2. The zero-order chi connectivity index (χ0) is 22.4. The fourth-order valence-electron chi connectivity index (χ4n) is 5.29. The molecular formula is C24H21N3O5. The topological polar surface area (TPSA) is 110 Å². The monoisotopic (exact) mass is 431 g/mol. The predicted octanol–water partition coefficient (Wildman–Crippen LogP) is 2.95. The van der Waals surface area contributed by atoms with Gasteiger partial charge < -0.3 is 5.32 Å². The van der Waals surface area contributed by atoms with Crippen LogP contribution in [0.4, 0.5) is 11.4 Å². The number of fused-ring (bicyclic) bond motifs is 5. The number of allylic oxidation sites excluding steroid dienone is 2.